The maximum atomic E-state index is 5.68. The highest BCUT2D eigenvalue weighted by Crippen LogP contribution is 2.21. The van der Waals surface area contributed by atoms with E-state index in [0.29, 0.717) is 18.4 Å². The zero-order valence-corrected chi connectivity index (χ0v) is 10.1. The molecule has 0 aliphatic rings. The molecule has 0 amide bonds. The molecular weight excluding hydrogens is 198 g/mol. The largest absolute Gasteiger partial charge is 0.342 e. The monoisotopic (exact) mass is 217 g/mol. The number of nitrogens with two attached hydrogens (primary N) is 1. The summed E-state index contributed by atoms with van der Waals surface area (Å²) in [5, 5.41) is 0. The van der Waals surface area contributed by atoms with E-state index < -0.39 is 0 Å². The van der Waals surface area contributed by atoms with Crippen LogP contribution < -0.4 is 5.73 Å². The maximum Gasteiger partial charge on any atom is 0.109 e. The molecule has 2 rings (SSSR count). The number of nitrogens with one attached hydrogen (secondary N) is 1. The van der Waals surface area contributed by atoms with Crippen LogP contribution in [0.3, 0.4) is 0 Å². The van der Waals surface area contributed by atoms with Gasteiger partial charge in [-0.15, -0.1) is 0 Å². The molecule has 1 unspecified atom stereocenters. The second-order valence-electron chi connectivity index (χ2n) is 4.69. The van der Waals surface area contributed by atoms with Crippen molar-refractivity contribution in [2.24, 2.45) is 5.73 Å². The minimum atomic E-state index is 0.398. The molecule has 16 heavy (non-hydrogen) atoms. The van der Waals surface area contributed by atoms with Crippen LogP contribution in [-0.4, -0.2) is 16.5 Å². The summed E-state index contributed by atoms with van der Waals surface area (Å²) in [4.78, 5) is 7.91. The Morgan fingerprint density at radius 2 is 2.06 bits per heavy atom. The van der Waals surface area contributed by atoms with Crippen molar-refractivity contribution in [3.8, 4) is 0 Å². The van der Waals surface area contributed by atoms with Gasteiger partial charge in [0.15, 0.2) is 0 Å². The SMILES string of the molecule is CC(C)c1nc2ccc(C(C)CN)cc2[nH]1. The van der Waals surface area contributed by atoms with Crippen LogP contribution in [-0.2, 0) is 0 Å². The van der Waals surface area contributed by atoms with Crippen LogP contribution in [0.2, 0.25) is 0 Å². The van der Waals surface area contributed by atoms with Crippen LogP contribution in [0.5, 0.6) is 0 Å². The molecule has 0 aliphatic carbocycles. The Bertz CT molecular complexity index is 485. The Hall–Kier alpha value is -1.35. The van der Waals surface area contributed by atoms with Gasteiger partial charge in [0.1, 0.15) is 5.82 Å². The van der Waals surface area contributed by atoms with Gasteiger partial charge in [0.25, 0.3) is 0 Å². The van der Waals surface area contributed by atoms with E-state index in [1.165, 1.54) is 5.56 Å². The number of fused-ring (bicyclic) bond motifs is 1. The van der Waals surface area contributed by atoms with Crippen molar-refractivity contribution >= 4 is 11.0 Å². The van der Waals surface area contributed by atoms with Crippen molar-refractivity contribution in [3.63, 3.8) is 0 Å². The molecule has 3 heteroatoms. The summed E-state index contributed by atoms with van der Waals surface area (Å²) >= 11 is 0. The maximum absolute atomic E-state index is 5.68. The van der Waals surface area contributed by atoms with Crippen molar-refractivity contribution in [3.05, 3.63) is 29.6 Å². The number of aromatic nitrogens is 2. The fourth-order valence-electron chi connectivity index (χ4n) is 1.76. The van der Waals surface area contributed by atoms with E-state index in [0.717, 1.165) is 16.9 Å². The van der Waals surface area contributed by atoms with E-state index in [9.17, 15) is 0 Å². The summed E-state index contributed by atoms with van der Waals surface area (Å²) in [6.07, 6.45) is 0. The molecule has 1 heterocycles. The van der Waals surface area contributed by atoms with Crippen LogP contribution in [0.25, 0.3) is 11.0 Å². The standard InChI is InChI=1S/C13H19N3/c1-8(2)13-15-11-5-4-10(9(3)7-14)6-12(11)16-13/h4-6,8-9H,7,14H2,1-3H3,(H,15,16). The Kier molecular flexibility index (Phi) is 2.97. The summed E-state index contributed by atoms with van der Waals surface area (Å²) in [6, 6.07) is 6.34. The van der Waals surface area contributed by atoms with Crippen LogP contribution in [0, 0.1) is 0 Å². The van der Waals surface area contributed by atoms with Gasteiger partial charge in [-0.25, -0.2) is 4.98 Å². The van der Waals surface area contributed by atoms with Gasteiger partial charge in [-0.3, -0.25) is 0 Å². The lowest BCUT2D eigenvalue weighted by Gasteiger charge is -2.07. The molecule has 0 saturated heterocycles. The van der Waals surface area contributed by atoms with Gasteiger partial charge in [0.05, 0.1) is 11.0 Å². The number of benzene rings is 1. The second kappa shape index (κ2) is 4.26. The van der Waals surface area contributed by atoms with E-state index in [2.05, 4.69) is 48.9 Å². The molecule has 1 aromatic carbocycles. The molecule has 3 N–H and O–H groups in total. The zero-order chi connectivity index (χ0) is 11.7. The van der Waals surface area contributed by atoms with E-state index in [4.69, 9.17) is 5.73 Å². The van der Waals surface area contributed by atoms with Gasteiger partial charge >= 0.3 is 0 Å². The molecule has 0 radical (unpaired) electrons. The van der Waals surface area contributed by atoms with Gasteiger partial charge in [-0.1, -0.05) is 26.8 Å². The van der Waals surface area contributed by atoms with Crippen LogP contribution in [0.4, 0.5) is 0 Å². The molecule has 0 saturated carbocycles. The smallest absolute Gasteiger partial charge is 0.109 e. The Morgan fingerprint density at radius 1 is 1.31 bits per heavy atom. The fraction of sp³-hybridized carbons (Fsp3) is 0.462. The fourth-order valence-corrected chi connectivity index (χ4v) is 1.76. The van der Waals surface area contributed by atoms with Gasteiger partial charge in [0.2, 0.25) is 0 Å². The molecular formula is C13H19N3. The van der Waals surface area contributed by atoms with Crippen LogP contribution >= 0.6 is 0 Å². The van der Waals surface area contributed by atoms with E-state index in [-0.39, 0.29) is 0 Å². The molecule has 1 aromatic heterocycles. The number of hydrogen-bond donors (Lipinski definition) is 2. The molecule has 86 valence electrons. The number of aromatic amines is 1. The third kappa shape index (κ3) is 1.95. The highest BCUT2D eigenvalue weighted by atomic mass is 14.9. The lowest BCUT2D eigenvalue weighted by molar-refractivity contribution is 0.775. The van der Waals surface area contributed by atoms with Crippen molar-refractivity contribution < 1.29 is 0 Å². The molecule has 3 nitrogen and oxygen atoms in total. The van der Waals surface area contributed by atoms with Crippen molar-refractivity contribution in [1.82, 2.24) is 9.97 Å². The number of H-pyrrole nitrogens is 1. The van der Waals surface area contributed by atoms with Gasteiger partial charge < -0.3 is 10.7 Å². The first-order valence-corrected chi connectivity index (χ1v) is 5.81. The first-order chi connectivity index (χ1) is 7.61. The van der Waals surface area contributed by atoms with E-state index in [1.54, 1.807) is 0 Å². The highest BCUT2D eigenvalue weighted by molar-refractivity contribution is 5.76. The number of hydrogen-bond acceptors (Lipinski definition) is 2. The normalized spacial score (nSPS) is 13.6. The summed E-state index contributed by atoms with van der Waals surface area (Å²) in [6.45, 7) is 7.10. The topological polar surface area (TPSA) is 54.7 Å². The molecule has 0 aliphatic heterocycles. The third-order valence-electron chi connectivity index (χ3n) is 2.99. The minimum Gasteiger partial charge on any atom is -0.342 e. The Balaban J connectivity index is 2.45. The van der Waals surface area contributed by atoms with Gasteiger partial charge in [0, 0.05) is 5.92 Å². The van der Waals surface area contributed by atoms with Gasteiger partial charge in [-0.05, 0) is 30.2 Å². The molecule has 0 fully saturated rings. The number of rotatable bonds is 3. The average molecular weight is 217 g/mol. The number of nitrogens with zero attached hydrogens (tertiary/aromatic N) is 1. The first kappa shape index (κ1) is 11.1. The summed E-state index contributed by atoms with van der Waals surface area (Å²) in [5.74, 6) is 1.88. The minimum absolute atomic E-state index is 0.398. The lowest BCUT2D eigenvalue weighted by Crippen LogP contribution is -2.08. The number of imidazole rings is 1. The first-order valence-electron chi connectivity index (χ1n) is 5.81. The Labute approximate surface area is 96.1 Å². The van der Waals surface area contributed by atoms with Crippen molar-refractivity contribution in [2.45, 2.75) is 32.6 Å². The van der Waals surface area contributed by atoms with Crippen LogP contribution in [0.1, 0.15) is 44.0 Å². The summed E-state index contributed by atoms with van der Waals surface area (Å²) < 4.78 is 0. The predicted molar refractivity (Wildman–Crippen MR) is 67.7 cm³/mol. The van der Waals surface area contributed by atoms with Crippen LogP contribution in [0.15, 0.2) is 18.2 Å². The van der Waals surface area contributed by atoms with E-state index >= 15 is 0 Å². The zero-order valence-electron chi connectivity index (χ0n) is 10.1. The average Bonchev–Trinajstić information content (AvgIpc) is 2.70. The third-order valence-corrected chi connectivity index (χ3v) is 2.99. The second-order valence-corrected chi connectivity index (χ2v) is 4.69. The predicted octanol–water partition coefficient (Wildman–Crippen LogP) is 2.75. The quantitative estimate of drug-likeness (QED) is 0.830. The molecule has 0 bridgehead atoms. The summed E-state index contributed by atoms with van der Waals surface area (Å²) in [7, 11) is 0. The summed E-state index contributed by atoms with van der Waals surface area (Å²) in [5.41, 5.74) is 9.10. The van der Waals surface area contributed by atoms with Crippen molar-refractivity contribution in [2.75, 3.05) is 6.54 Å². The lowest BCUT2D eigenvalue weighted by atomic mass is 10.0. The Morgan fingerprint density at radius 3 is 2.69 bits per heavy atom. The highest BCUT2D eigenvalue weighted by Gasteiger charge is 2.08. The molecule has 1 atom stereocenters. The van der Waals surface area contributed by atoms with E-state index in [1.807, 2.05) is 0 Å². The molecule has 2 aromatic rings. The molecule has 0 spiro atoms. The van der Waals surface area contributed by atoms with Gasteiger partial charge in [-0.2, -0.15) is 0 Å². The van der Waals surface area contributed by atoms with Crippen molar-refractivity contribution in [1.29, 1.82) is 0 Å².